The lowest BCUT2D eigenvalue weighted by molar-refractivity contribution is 0.600. The highest BCUT2D eigenvalue weighted by atomic mass is 32.2. The Kier molecular flexibility index (Phi) is 4.94. The number of nitrogen functional groups attached to an aromatic ring is 1. The van der Waals surface area contributed by atoms with E-state index >= 15 is 0 Å². The second-order valence-electron chi connectivity index (χ2n) is 6.84. The van der Waals surface area contributed by atoms with Crippen LogP contribution in [0.25, 0.3) is 16.8 Å². The highest BCUT2D eigenvalue weighted by Gasteiger charge is 2.14. The van der Waals surface area contributed by atoms with Gasteiger partial charge >= 0.3 is 0 Å². The molecule has 0 aliphatic carbocycles. The molecule has 4 aromatic rings. The van der Waals surface area contributed by atoms with Crippen LogP contribution in [0, 0.1) is 6.92 Å². The van der Waals surface area contributed by atoms with E-state index < -0.39 is 10.0 Å². The van der Waals surface area contributed by atoms with Crippen molar-refractivity contribution in [3.8, 4) is 11.1 Å². The van der Waals surface area contributed by atoms with Gasteiger partial charge in [0.15, 0.2) is 5.65 Å². The summed E-state index contributed by atoms with van der Waals surface area (Å²) in [4.78, 5) is 4.35. The van der Waals surface area contributed by atoms with Gasteiger partial charge in [0.2, 0.25) is 10.0 Å². The van der Waals surface area contributed by atoms with Gasteiger partial charge < -0.3 is 5.73 Å². The van der Waals surface area contributed by atoms with E-state index in [1.807, 2.05) is 49.4 Å². The Morgan fingerprint density at radius 2 is 1.90 bits per heavy atom. The van der Waals surface area contributed by atoms with Gasteiger partial charge in [-0.1, -0.05) is 36.4 Å². The maximum absolute atomic E-state index is 12.5. The standard InChI is InChI=1S/C21H21N5O2S/c1-15-13-17(18-14-23-20-9-11-24-26(20)21(18)22)7-8-19(15)25-29(27,28)12-10-16-5-3-2-4-6-16/h2-9,11,13-14,25H,10,12,22H2,1H3. The van der Waals surface area contributed by atoms with Crippen LogP contribution in [0.3, 0.4) is 0 Å². The van der Waals surface area contributed by atoms with Crippen LogP contribution >= 0.6 is 0 Å². The highest BCUT2D eigenvalue weighted by molar-refractivity contribution is 7.92. The minimum Gasteiger partial charge on any atom is -0.383 e. The van der Waals surface area contributed by atoms with Gasteiger partial charge in [0.05, 0.1) is 17.6 Å². The SMILES string of the molecule is Cc1cc(-c2cnc3ccnn3c2N)ccc1NS(=O)(=O)CCc1ccccc1. The molecule has 0 bridgehead atoms. The summed E-state index contributed by atoms with van der Waals surface area (Å²) >= 11 is 0. The molecule has 4 rings (SSSR count). The second kappa shape index (κ2) is 7.56. The van der Waals surface area contributed by atoms with Crippen LogP contribution in [0.5, 0.6) is 0 Å². The molecular weight excluding hydrogens is 386 g/mol. The maximum Gasteiger partial charge on any atom is 0.233 e. The van der Waals surface area contributed by atoms with Crippen molar-refractivity contribution in [3.05, 3.63) is 78.1 Å². The summed E-state index contributed by atoms with van der Waals surface area (Å²) in [5.74, 6) is 0.501. The van der Waals surface area contributed by atoms with E-state index in [-0.39, 0.29) is 5.75 Å². The van der Waals surface area contributed by atoms with Crippen LogP contribution in [0.2, 0.25) is 0 Å². The number of benzene rings is 2. The summed E-state index contributed by atoms with van der Waals surface area (Å²) < 4.78 is 29.3. The van der Waals surface area contributed by atoms with Crippen LogP contribution in [0.1, 0.15) is 11.1 Å². The molecule has 0 aliphatic heterocycles. The number of nitrogens with two attached hydrogens (primary N) is 1. The molecule has 0 saturated carbocycles. The molecule has 3 N–H and O–H groups in total. The summed E-state index contributed by atoms with van der Waals surface area (Å²) in [5, 5.41) is 4.18. The van der Waals surface area contributed by atoms with Crippen molar-refractivity contribution in [2.24, 2.45) is 0 Å². The third-order valence-electron chi connectivity index (χ3n) is 4.76. The van der Waals surface area contributed by atoms with Crippen molar-refractivity contribution in [1.29, 1.82) is 0 Å². The van der Waals surface area contributed by atoms with E-state index in [4.69, 9.17) is 5.73 Å². The fourth-order valence-corrected chi connectivity index (χ4v) is 4.34. The van der Waals surface area contributed by atoms with E-state index in [1.54, 1.807) is 29.0 Å². The van der Waals surface area contributed by atoms with Crippen molar-refractivity contribution in [2.45, 2.75) is 13.3 Å². The fraction of sp³-hybridized carbons (Fsp3) is 0.143. The van der Waals surface area contributed by atoms with E-state index in [0.717, 1.165) is 22.3 Å². The molecule has 2 aromatic heterocycles. The first-order chi connectivity index (χ1) is 13.9. The summed E-state index contributed by atoms with van der Waals surface area (Å²) in [6.07, 6.45) is 3.80. The fourth-order valence-electron chi connectivity index (χ4n) is 3.17. The third kappa shape index (κ3) is 4.07. The molecule has 29 heavy (non-hydrogen) atoms. The van der Waals surface area contributed by atoms with E-state index in [2.05, 4.69) is 14.8 Å². The normalized spacial score (nSPS) is 11.6. The average molecular weight is 407 g/mol. The molecule has 0 atom stereocenters. The number of nitrogens with zero attached hydrogens (tertiary/aromatic N) is 3. The van der Waals surface area contributed by atoms with E-state index in [1.165, 1.54) is 0 Å². The Balaban J connectivity index is 1.54. The summed E-state index contributed by atoms with van der Waals surface area (Å²) in [6.45, 7) is 1.86. The van der Waals surface area contributed by atoms with Crippen molar-refractivity contribution in [1.82, 2.24) is 14.6 Å². The molecule has 0 amide bonds. The number of aromatic nitrogens is 3. The Bertz CT molecular complexity index is 1270. The summed E-state index contributed by atoms with van der Waals surface area (Å²) in [6, 6.07) is 16.8. The average Bonchev–Trinajstić information content (AvgIpc) is 3.19. The smallest absolute Gasteiger partial charge is 0.233 e. The lowest BCUT2D eigenvalue weighted by atomic mass is 10.0. The largest absolute Gasteiger partial charge is 0.383 e. The zero-order chi connectivity index (χ0) is 20.4. The van der Waals surface area contributed by atoms with Crippen LogP contribution < -0.4 is 10.5 Å². The zero-order valence-electron chi connectivity index (χ0n) is 15.9. The number of fused-ring (bicyclic) bond motifs is 1. The monoisotopic (exact) mass is 407 g/mol. The number of hydrogen-bond acceptors (Lipinski definition) is 5. The van der Waals surface area contributed by atoms with Crippen LogP contribution in [-0.2, 0) is 16.4 Å². The predicted molar refractivity (Wildman–Crippen MR) is 115 cm³/mol. The number of anilines is 2. The third-order valence-corrected chi connectivity index (χ3v) is 6.03. The van der Waals surface area contributed by atoms with Gasteiger partial charge in [-0.15, -0.1) is 0 Å². The Labute approximate surface area is 169 Å². The second-order valence-corrected chi connectivity index (χ2v) is 8.69. The Morgan fingerprint density at radius 1 is 1.10 bits per heavy atom. The van der Waals surface area contributed by atoms with Crippen molar-refractivity contribution < 1.29 is 8.42 Å². The first-order valence-corrected chi connectivity index (χ1v) is 10.8. The first-order valence-electron chi connectivity index (χ1n) is 9.16. The Hall–Kier alpha value is -3.39. The molecule has 0 radical (unpaired) electrons. The lowest BCUT2D eigenvalue weighted by Gasteiger charge is -2.13. The van der Waals surface area contributed by atoms with Gasteiger partial charge in [-0.3, -0.25) is 4.72 Å². The van der Waals surface area contributed by atoms with Gasteiger partial charge in [-0.25, -0.2) is 13.4 Å². The minimum atomic E-state index is -3.46. The molecule has 2 aromatic carbocycles. The van der Waals surface area contributed by atoms with Gasteiger partial charge in [0.1, 0.15) is 5.82 Å². The van der Waals surface area contributed by atoms with E-state index in [0.29, 0.717) is 23.6 Å². The highest BCUT2D eigenvalue weighted by Crippen LogP contribution is 2.29. The van der Waals surface area contributed by atoms with Crippen LogP contribution in [-0.4, -0.2) is 28.8 Å². The molecule has 148 valence electrons. The predicted octanol–water partition coefficient (Wildman–Crippen LogP) is 3.27. The molecule has 7 nitrogen and oxygen atoms in total. The van der Waals surface area contributed by atoms with Crippen molar-refractivity contribution in [3.63, 3.8) is 0 Å². The van der Waals surface area contributed by atoms with Crippen molar-refractivity contribution >= 4 is 27.2 Å². The maximum atomic E-state index is 12.5. The van der Waals surface area contributed by atoms with Gasteiger partial charge in [-0.05, 0) is 42.2 Å². The first kappa shape index (κ1) is 18.9. The zero-order valence-corrected chi connectivity index (χ0v) is 16.7. The number of nitrogens with one attached hydrogen (secondary N) is 1. The van der Waals surface area contributed by atoms with E-state index in [9.17, 15) is 8.42 Å². The van der Waals surface area contributed by atoms with Gasteiger partial charge in [0, 0.05) is 17.8 Å². The lowest BCUT2D eigenvalue weighted by Crippen LogP contribution is -2.18. The quantitative estimate of drug-likeness (QED) is 0.511. The molecule has 0 spiro atoms. The number of hydrogen-bond donors (Lipinski definition) is 2. The molecule has 0 aliphatic rings. The molecule has 0 unspecified atom stereocenters. The summed E-state index contributed by atoms with van der Waals surface area (Å²) in [5.41, 5.74) is 10.8. The number of aryl methyl sites for hydroxylation is 2. The van der Waals surface area contributed by atoms with Crippen LogP contribution in [0.15, 0.2) is 67.0 Å². The number of sulfonamides is 1. The summed E-state index contributed by atoms with van der Waals surface area (Å²) in [7, 11) is -3.46. The molecule has 8 heteroatoms. The molecule has 0 saturated heterocycles. The van der Waals surface area contributed by atoms with Gasteiger partial charge in [-0.2, -0.15) is 9.61 Å². The molecule has 2 heterocycles. The van der Waals surface area contributed by atoms with Crippen LogP contribution in [0.4, 0.5) is 11.5 Å². The molecule has 0 fully saturated rings. The molecular formula is C21H21N5O2S. The van der Waals surface area contributed by atoms with Gasteiger partial charge in [0.25, 0.3) is 0 Å². The minimum absolute atomic E-state index is 0.0189. The number of rotatable bonds is 6. The van der Waals surface area contributed by atoms with Crippen molar-refractivity contribution in [2.75, 3.05) is 16.2 Å². The topological polar surface area (TPSA) is 102 Å². The Morgan fingerprint density at radius 3 is 2.66 bits per heavy atom.